The van der Waals surface area contributed by atoms with Gasteiger partial charge in [-0.15, -0.1) is 0 Å². The SMILES string of the molecule is CCCNCCC(C)(C)c1cncc(OCCC)c1. The molecule has 108 valence electrons. The third-order valence-electron chi connectivity index (χ3n) is 3.32. The molecular formula is C16H28N2O. The molecule has 0 radical (unpaired) electrons. The second-order valence-electron chi connectivity index (χ2n) is 5.64. The highest BCUT2D eigenvalue weighted by Gasteiger charge is 2.21. The van der Waals surface area contributed by atoms with E-state index in [1.807, 2.05) is 6.20 Å². The molecule has 0 spiro atoms. The molecule has 0 aliphatic carbocycles. The molecule has 0 unspecified atom stereocenters. The third-order valence-corrected chi connectivity index (χ3v) is 3.32. The average molecular weight is 264 g/mol. The van der Waals surface area contributed by atoms with Gasteiger partial charge in [-0.2, -0.15) is 0 Å². The van der Waals surface area contributed by atoms with Gasteiger partial charge in [-0.25, -0.2) is 0 Å². The van der Waals surface area contributed by atoms with Crippen molar-refractivity contribution in [1.82, 2.24) is 10.3 Å². The Morgan fingerprint density at radius 3 is 2.63 bits per heavy atom. The molecule has 1 heterocycles. The van der Waals surface area contributed by atoms with E-state index in [1.54, 1.807) is 6.20 Å². The minimum atomic E-state index is 0.124. The van der Waals surface area contributed by atoms with Crippen molar-refractivity contribution < 1.29 is 4.74 Å². The first kappa shape index (κ1) is 16.0. The van der Waals surface area contributed by atoms with Crippen molar-refractivity contribution in [3.8, 4) is 5.75 Å². The highest BCUT2D eigenvalue weighted by Crippen LogP contribution is 2.28. The van der Waals surface area contributed by atoms with Crippen LogP contribution in [0.4, 0.5) is 0 Å². The van der Waals surface area contributed by atoms with Crippen LogP contribution in [0.3, 0.4) is 0 Å². The lowest BCUT2D eigenvalue weighted by molar-refractivity contribution is 0.314. The number of hydrogen-bond donors (Lipinski definition) is 1. The Kier molecular flexibility index (Phi) is 6.85. The Hall–Kier alpha value is -1.09. The predicted octanol–water partition coefficient (Wildman–Crippen LogP) is 3.54. The van der Waals surface area contributed by atoms with Gasteiger partial charge in [0.1, 0.15) is 5.75 Å². The van der Waals surface area contributed by atoms with Gasteiger partial charge < -0.3 is 10.1 Å². The first-order valence-corrected chi connectivity index (χ1v) is 7.39. The van der Waals surface area contributed by atoms with Gasteiger partial charge in [-0.1, -0.05) is 27.7 Å². The number of rotatable bonds is 9. The molecule has 0 saturated carbocycles. The summed E-state index contributed by atoms with van der Waals surface area (Å²) >= 11 is 0. The Bertz CT molecular complexity index is 364. The summed E-state index contributed by atoms with van der Waals surface area (Å²) in [5, 5.41) is 3.46. The van der Waals surface area contributed by atoms with Gasteiger partial charge in [0.05, 0.1) is 12.8 Å². The molecule has 0 aliphatic heterocycles. The summed E-state index contributed by atoms with van der Waals surface area (Å²) in [4.78, 5) is 4.30. The quantitative estimate of drug-likeness (QED) is 0.693. The molecule has 1 rings (SSSR count). The minimum Gasteiger partial charge on any atom is -0.492 e. The number of nitrogens with zero attached hydrogens (tertiary/aromatic N) is 1. The molecule has 0 atom stereocenters. The zero-order chi connectivity index (χ0) is 14.1. The van der Waals surface area contributed by atoms with E-state index in [2.05, 4.69) is 44.1 Å². The third kappa shape index (κ3) is 5.60. The molecule has 3 nitrogen and oxygen atoms in total. The molecule has 0 fully saturated rings. The van der Waals surface area contributed by atoms with Gasteiger partial charge in [0.2, 0.25) is 0 Å². The van der Waals surface area contributed by atoms with Crippen molar-refractivity contribution in [2.75, 3.05) is 19.7 Å². The summed E-state index contributed by atoms with van der Waals surface area (Å²) in [6.07, 6.45) is 7.06. The van der Waals surface area contributed by atoms with E-state index in [-0.39, 0.29) is 5.41 Å². The van der Waals surface area contributed by atoms with Crippen LogP contribution in [0.1, 0.15) is 52.5 Å². The van der Waals surface area contributed by atoms with E-state index in [9.17, 15) is 0 Å². The van der Waals surface area contributed by atoms with Gasteiger partial charge >= 0.3 is 0 Å². The normalized spacial score (nSPS) is 11.6. The van der Waals surface area contributed by atoms with Gasteiger partial charge in [-0.05, 0) is 49.4 Å². The fourth-order valence-corrected chi connectivity index (χ4v) is 1.93. The highest BCUT2D eigenvalue weighted by molar-refractivity contribution is 5.29. The Morgan fingerprint density at radius 2 is 1.95 bits per heavy atom. The Morgan fingerprint density at radius 1 is 1.16 bits per heavy atom. The van der Waals surface area contributed by atoms with Crippen LogP contribution in [0.25, 0.3) is 0 Å². The van der Waals surface area contributed by atoms with Crippen molar-refractivity contribution in [3.63, 3.8) is 0 Å². The molecule has 19 heavy (non-hydrogen) atoms. The number of hydrogen-bond acceptors (Lipinski definition) is 3. The molecule has 1 N–H and O–H groups in total. The van der Waals surface area contributed by atoms with E-state index in [0.717, 1.165) is 38.3 Å². The Balaban J connectivity index is 2.60. The van der Waals surface area contributed by atoms with Gasteiger partial charge in [-0.3, -0.25) is 4.98 Å². The van der Waals surface area contributed by atoms with E-state index in [1.165, 1.54) is 12.0 Å². The lowest BCUT2D eigenvalue weighted by atomic mass is 9.82. The maximum absolute atomic E-state index is 5.66. The fraction of sp³-hybridized carbons (Fsp3) is 0.688. The molecule has 0 amide bonds. The molecule has 3 heteroatoms. The van der Waals surface area contributed by atoms with Crippen LogP contribution in [0.2, 0.25) is 0 Å². The molecule has 0 saturated heterocycles. The first-order valence-electron chi connectivity index (χ1n) is 7.39. The van der Waals surface area contributed by atoms with Crippen molar-refractivity contribution in [2.45, 2.75) is 52.4 Å². The van der Waals surface area contributed by atoms with E-state index in [0.29, 0.717) is 0 Å². The topological polar surface area (TPSA) is 34.2 Å². The maximum atomic E-state index is 5.66. The number of pyridine rings is 1. The van der Waals surface area contributed by atoms with Crippen LogP contribution in [0.15, 0.2) is 18.5 Å². The molecule has 1 aromatic heterocycles. The number of aromatic nitrogens is 1. The largest absolute Gasteiger partial charge is 0.492 e. The van der Waals surface area contributed by atoms with Crippen LogP contribution in [0.5, 0.6) is 5.75 Å². The van der Waals surface area contributed by atoms with E-state index in [4.69, 9.17) is 4.74 Å². The second-order valence-corrected chi connectivity index (χ2v) is 5.64. The second kappa shape index (κ2) is 8.16. The Labute approximate surface area is 117 Å². The van der Waals surface area contributed by atoms with Gasteiger partial charge in [0.15, 0.2) is 0 Å². The van der Waals surface area contributed by atoms with Gasteiger partial charge in [0.25, 0.3) is 0 Å². The lowest BCUT2D eigenvalue weighted by Crippen LogP contribution is -2.26. The smallest absolute Gasteiger partial charge is 0.137 e. The summed E-state index contributed by atoms with van der Waals surface area (Å²) in [6, 6.07) is 2.13. The summed E-state index contributed by atoms with van der Waals surface area (Å²) < 4.78 is 5.66. The van der Waals surface area contributed by atoms with Crippen LogP contribution >= 0.6 is 0 Å². The van der Waals surface area contributed by atoms with Crippen molar-refractivity contribution in [1.29, 1.82) is 0 Å². The standard InChI is InChI=1S/C16H28N2O/c1-5-8-17-9-7-16(3,4)14-11-15(13-18-12-14)19-10-6-2/h11-13,17H,5-10H2,1-4H3. The number of nitrogens with one attached hydrogen (secondary N) is 1. The molecular weight excluding hydrogens is 236 g/mol. The summed E-state index contributed by atoms with van der Waals surface area (Å²) in [5.74, 6) is 0.883. The van der Waals surface area contributed by atoms with Crippen molar-refractivity contribution >= 4 is 0 Å². The monoisotopic (exact) mass is 264 g/mol. The minimum absolute atomic E-state index is 0.124. The van der Waals surface area contributed by atoms with Crippen LogP contribution in [-0.2, 0) is 5.41 Å². The first-order chi connectivity index (χ1) is 9.10. The van der Waals surface area contributed by atoms with Crippen LogP contribution in [-0.4, -0.2) is 24.7 Å². The molecule has 0 aromatic carbocycles. The summed E-state index contributed by atoms with van der Waals surface area (Å²) in [7, 11) is 0. The summed E-state index contributed by atoms with van der Waals surface area (Å²) in [6.45, 7) is 11.7. The van der Waals surface area contributed by atoms with E-state index >= 15 is 0 Å². The summed E-state index contributed by atoms with van der Waals surface area (Å²) in [5.41, 5.74) is 1.37. The van der Waals surface area contributed by atoms with Crippen molar-refractivity contribution in [2.24, 2.45) is 0 Å². The van der Waals surface area contributed by atoms with E-state index < -0.39 is 0 Å². The zero-order valence-electron chi connectivity index (χ0n) is 12.8. The van der Waals surface area contributed by atoms with Crippen molar-refractivity contribution in [3.05, 3.63) is 24.0 Å². The molecule has 1 aromatic rings. The lowest BCUT2D eigenvalue weighted by Gasteiger charge is -2.25. The van der Waals surface area contributed by atoms with Gasteiger partial charge in [0, 0.05) is 6.20 Å². The predicted molar refractivity (Wildman–Crippen MR) is 80.8 cm³/mol. The zero-order valence-corrected chi connectivity index (χ0v) is 12.8. The highest BCUT2D eigenvalue weighted by atomic mass is 16.5. The molecule has 0 aliphatic rings. The number of ether oxygens (including phenoxy) is 1. The fourth-order valence-electron chi connectivity index (χ4n) is 1.93. The maximum Gasteiger partial charge on any atom is 0.137 e. The molecule has 0 bridgehead atoms. The average Bonchev–Trinajstić information content (AvgIpc) is 2.42. The van der Waals surface area contributed by atoms with Crippen LogP contribution < -0.4 is 10.1 Å². The van der Waals surface area contributed by atoms with Crippen LogP contribution in [0, 0.1) is 0 Å².